The molecular formula is C14H15BrF3N3S. The quantitative estimate of drug-likeness (QED) is 0.741. The summed E-state index contributed by atoms with van der Waals surface area (Å²) in [6, 6.07) is 3.81. The third-order valence-electron chi connectivity index (χ3n) is 3.81. The van der Waals surface area contributed by atoms with Gasteiger partial charge in [-0.05, 0) is 54.8 Å². The topological polar surface area (TPSA) is 30.7 Å². The van der Waals surface area contributed by atoms with Crippen LogP contribution in [0.2, 0.25) is 0 Å². The Morgan fingerprint density at radius 3 is 2.45 bits per heavy atom. The van der Waals surface area contributed by atoms with E-state index in [1.165, 1.54) is 15.9 Å². The first-order valence-electron chi connectivity index (χ1n) is 6.94. The van der Waals surface area contributed by atoms with Gasteiger partial charge < -0.3 is 4.57 Å². The van der Waals surface area contributed by atoms with Gasteiger partial charge in [0, 0.05) is 10.8 Å². The highest BCUT2D eigenvalue weighted by atomic mass is 79.9. The number of nitrogens with zero attached hydrogens (tertiary/aromatic N) is 3. The molecule has 1 aliphatic carbocycles. The summed E-state index contributed by atoms with van der Waals surface area (Å²) < 4.78 is 41.1. The molecule has 22 heavy (non-hydrogen) atoms. The molecule has 0 radical (unpaired) electrons. The molecule has 3 rings (SSSR count). The fraction of sp³-hybridized carbons (Fsp3) is 0.571. The third-order valence-corrected chi connectivity index (χ3v) is 5.75. The maximum Gasteiger partial charge on any atom is 0.406 e. The summed E-state index contributed by atoms with van der Waals surface area (Å²) in [6.45, 7) is 2.74. The Morgan fingerprint density at radius 2 is 1.95 bits per heavy atom. The van der Waals surface area contributed by atoms with Crippen LogP contribution in [0.15, 0.2) is 15.9 Å². The maximum atomic E-state index is 13.0. The van der Waals surface area contributed by atoms with E-state index in [1.54, 1.807) is 0 Å². The lowest BCUT2D eigenvalue weighted by Gasteiger charge is -2.24. The van der Waals surface area contributed by atoms with Crippen molar-refractivity contribution in [2.24, 2.45) is 0 Å². The molecule has 1 saturated carbocycles. The Kier molecular flexibility index (Phi) is 3.87. The van der Waals surface area contributed by atoms with Crippen LogP contribution in [0, 0.1) is 0 Å². The first-order valence-corrected chi connectivity index (χ1v) is 8.55. The first-order chi connectivity index (χ1) is 10.2. The van der Waals surface area contributed by atoms with Gasteiger partial charge in [0.1, 0.15) is 18.2 Å². The van der Waals surface area contributed by atoms with E-state index in [2.05, 4.69) is 26.1 Å². The lowest BCUT2D eigenvalue weighted by atomic mass is 9.90. The van der Waals surface area contributed by atoms with Crippen molar-refractivity contribution in [3.63, 3.8) is 0 Å². The molecule has 0 N–H and O–H groups in total. The van der Waals surface area contributed by atoms with Gasteiger partial charge in [0.15, 0.2) is 0 Å². The standard InChI is InChI=1S/C14H15BrF3N3S/c1-13(2,9-5-6-10(15)22-9)12-20-19-11(8-3-4-8)21(12)7-14(16,17)18/h5-6,8H,3-4,7H2,1-2H3. The highest BCUT2D eigenvalue weighted by Crippen LogP contribution is 2.43. The molecule has 120 valence electrons. The summed E-state index contributed by atoms with van der Waals surface area (Å²) in [4.78, 5) is 0.956. The van der Waals surface area contributed by atoms with Gasteiger partial charge in [-0.1, -0.05) is 0 Å². The maximum absolute atomic E-state index is 13.0. The van der Waals surface area contributed by atoms with Crippen LogP contribution in [0.4, 0.5) is 13.2 Å². The highest BCUT2D eigenvalue weighted by Gasteiger charge is 2.40. The molecule has 0 aliphatic heterocycles. The number of hydrogen-bond donors (Lipinski definition) is 0. The van der Waals surface area contributed by atoms with Crippen LogP contribution >= 0.6 is 27.3 Å². The van der Waals surface area contributed by atoms with Gasteiger partial charge in [-0.15, -0.1) is 21.5 Å². The fourth-order valence-electron chi connectivity index (χ4n) is 2.52. The molecule has 0 atom stereocenters. The number of aromatic nitrogens is 3. The minimum absolute atomic E-state index is 0.120. The van der Waals surface area contributed by atoms with Crippen molar-refractivity contribution in [2.45, 2.75) is 50.7 Å². The van der Waals surface area contributed by atoms with E-state index >= 15 is 0 Å². The molecule has 3 nitrogen and oxygen atoms in total. The highest BCUT2D eigenvalue weighted by molar-refractivity contribution is 9.11. The minimum Gasteiger partial charge on any atom is -0.305 e. The summed E-state index contributed by atoms with van der Waals surface area (Å²) in [5.41, 5.74) is -0.623. The van der Waals surface area contributed by atoms with Gasteiger partial charge in [0.05, 0.1) is 9.20 Å². The Balaban J connectivity index is 2.06. The molecule has 1 fully saturated rings. The number of hydrogen-bond acceptors (Lipinski definition) is 3. The molecule has 1 aliphatic rings. The van der Waals surface area contributed by atoms with Crippen LogP contribution in [-0.2, 0) is 12.0 Å². The zero-order valence-electron chi connectivity index (χ0n) is 12.1. The van der Waals surface area contributed by atoms with Crippen molar-refractivity contribution < 1.29 is 13.2 Å². The zero-order chi connectivity index (χ0) is 16.1. The number of alkyl halides is 3. The van der Waals surface area contributed by atoms with Crippen LogP contribution in [0.3, 0.4) is 0 Å². The lowest BCUT2D eigenvalue weighted by Crippen LogP contribution is -2.28. The first kappa shape index (κ1) is 16.0. The predicted octanol–water partition coefficient (Wildman–Crippen LogP) is 4.87. The molecule has 0 unspecified atom stereocenters. The Bertz CT molecular complexity index is 686. The molecule has 0 amide bonds. The monoisotopic (exact) mass is 393 g/mol. The molecule has 0 saturated heterocycles. The van der Waals surface area contributed by atoms with Crippen molar-refractivity contribution in [3.05, 3.63) is 32.4 Å². The van der Waals surface area contributed by atoms with E-state index in [1.807, 2.05) is 26.0 Å². The number of halogens is 4. The second-order valence-corrected chi connectivity index (χ2v) is 8.55. The van der Waals surface area contributed by atoms with E-state index in [-0.39, 0.29) is 5.92 Å². The molecule has 0 spiro atoms. The van der Waals surface area contributed by atoms with Crippen LogP contribution in [0.25, 0.3) is 0 Å². The Hall–Kier alpha value is -0.890. The second-order valence-electron chi connectivity index (χ2n) is 6.09. The van der Waals surface area contributed by atoms with Crippen molar-refractivity contribution in [1.82, 2.24) is 14.8 Å². The van der Waals surface area contributed by atoms with Gasteiger partial charge >= 0.3 is 6.18 Å². The third kappa shape index (κ3) is 3.08. The molecule has 2 aromatic heterocycles. The molecule has 8 heteroatoms. The molecular weight excluding hydrogens is 379 g/mol. The van der Waals surface area contributed by atoms with Gasteiger partial charge in [0.25, 0.3) is 0 Å². The van der Waals surface area contributed by atoms with Gasteiger partial charge in [-0.25, -0.2) is 0 Å². The smallest absolute Gasteiger partial charge is 0.305 e. The average Bonchev–Trinajstić information content (AvgIpc) is 2.99. The van der Waals surface area contributed by atoms with E-state index in [0.717, 1.165) is 21.5 Å². The summed E-state index contributed by atoms with van der Waals surface area (Å²) in [7, 11) is 0. The second kappa shape index (κ2) is 5.33. The molecule has 2 aromatic rings. The summed E-state index contributed by atoms with van der Waals surface area (Å²) in [5, 5.41) is 8.19. The Labute approximate surface area is 138 Å². The average molecular weight is 394 g/mol. The summed E-state index contributed by atoms with van der Waals surface area (Å²) in [6.07, 6.45) is -2.51. The molecule has 0 bridgehead atoms. The van der Waals surface area contributed by atoms with Gasteiger partial charge in [-0.3, -0.25) is 0 Å². The van der Waals surface area contributed by atoms with Crippen molar-refractivity contribution in [3.8, 4) is 0 Å². The van der Waals surface area contributed by atoms with E-state index in [4.69, 9.17) is 0 Å². The van der Waals surface area contributed by atoms with Crippen molar-refractivity contribution in [2.75, 3.05) is 0 Å². The largest absolute Gasteiger partial charge is 0.406 e. The van der Waals surface area contributed by atoms with Crippen LogP contribution in [0.1, 0.15) is 49.1 Å². The SMILES string of the molecule is CC(C)(c1ccc(Br)s1)c1nnc(C2CC2)n1CC(F)(F)F. The van der Waals surface area contributed by atoms with E-state index in [9.17, 15) is 13.2 Å². The van der Waals surface area contributed by atoms with E-state index in [0.29, 0.717) is 11.6 Å². The molecule has 2 heterocycles. The predicted molar refractivity (Wildman–Crippen MR) is 82.2 cm³/mol. The Morgan fingerprint density at radius 1 is 1.27 bits per heavy atom. The fourth-order valence-corrected chi connectivity index (χ4v) is 4.00. The number of rotatable bonds is 4. The molecule has 0 aromatic carbocycles. The van der Waals surface area contributed by atoms with Gasteiger partial charge in [0.2, 0.25) is 0 Å². The van der Waals surface area contributed by atoms with Crippen molar-refractivity contribution >= 4 is 27.3 Å². The number of thiophene rings is 1. The minimum atomic E-state index is -4.28. The summed E-state index contributed by atoms with van der Waals surface area (Å²) >= 11 is 4.90. The van der Waals surface area contributed by atoms with Crippen LogP contribution < -0.4 is 0 Å². The normalized spacial score (nSPS) is 16.3. The lowest BCUT2D eigenvalue weighted by molar-refractivity contribution is -0.141. The van der Waals surface area contributed by atoms with Crippen molar-refractivity contribution in [1.29, 1.82) is 0 Å². The van der Waals surface area contributed by atoms with E-state index < -0.39 is 18.1 Å². The van der Waals surface area contributed by atoms with Crippen LogP contribution in [0.5, 0.6) is 0 Å². The van der Waals surface area contributed by atoms with Gasteiger partial charge in [-0.2, -0.15) is 13.2 Å². The summed E-state index contributed by atoms with van der Waals surface area (Å²) in [5.74, 6) is 0.964. The zero-order valence-corrected chi connectivity index (χ0v) is 14.5. The van der Waals surface area contributed by atoms with Crippen LogP contribution in [-0.4, -0.2) is 20.9 Å².